The van der Waals surface area contributed by atoms with Gasteiger partial charge in [-0.15, -0.1) is 0 Å². The number of hydrogen-bond donors (Lipinski definition) is 0. The molecule has 0 N–H and O–H groups in total. The van der Waals surface area contributed by atoms with Crippen LogP contribution in [-0.4, -0.2) is 50.5 Å². The fourth-order valence-corrected chi connectivity index (χ4v) is 5.19. The lowest BCUT2D eigenvalue weighted by molar-refractivity contribution is 0.0651. The van der Waals surface area contributed by atoms with Crippen molar-refractivity contribution in [2.24, 2.45) is 11.8 Å². The second kappa shape index (κ2) is 12.0. The van der Waals surface area contributed by atoms with E-state index in [-0.39, 0.29) is 0 Å². The first kappa shape index (κ1) is 23.5. The first-order valence-corrected chi connectivity index (χ1v) is 12.8. The van der Waals surface area contributed by atoms with E-state index in [1.807, 2.05) is 0 Å². The Morgan fingerprint density at radius 1 is 0.750 bits per heavy atom. The lowest BCUT2D eigenvalue weighted by atomic mass is 9.88. The van der Waals surface area contributed by atoms with Crippen molar-refractivity contribution in [2.75, 3.05) is 39.5 Å². The smallest absolute Gasteiger partial charge is 0.120 e. The van der Waals surface area contributed by atoms with Crippen LogP contribution < -0.4 is 4.74 Å². The van der Waals surface area contributed by atoms with Gasteiger partial charge in [-0.05, 0) is 112 Å². The van der Waals surface area contributed by atoms with Crippen molar-refractivity contribution in [3.05, 3.63) is 42.0 Å². The molecular weight excluding hydrogens is 398 g/mol. The van der Waals surface area contributed by atoms with Gasteiger partial charge in [-0.1, -0.05) is 18.2 Å². The topological polar surface area (TPSA) is 30.9 Å². The highest BCUT2D eigenvalue weighted by molar-refractivity contribution is 5.84. The van der Waals surface area contributed by atoms with Gasteiger partial charge < -0.3 is 14.2 Å². The first-order chi connectivity index (χ1) is 15.7. The summed E-state index contributed by atoms with van der Waals surface area (Å²) in [5.74, 6) is 2.45. The Morgan fingerprint density at radius 3 is 2.06 bits per heavy atom. The molecule has 176 valence electrons. The number of hydrogen-bond acceptors (Lipinski definition) is 4. The summed E-state index contributed by atoms with van der Waals surface area (Å²) in [6, 6.07) is 13.5. The van der Waals surface area contributed by atoms with Crippen LogP contribution in [0, 0.1) is 11.8 Å². The Kier molecular flexibility index (Phi) is 8.84. The van der Waals surface area contributed by atoms with Gasteiger partial charge in [0.1, 0.15) is 5.75 Å². The van der Waals surface area contributed by atoms with Crippen molar-refractivity contribution in [3.8, 4) is 5.75 Å². The summed E-state index contributed by atoms with van der Waals surface area (Å²) in [5.41, 5.74) is 1.40. The third-order valence-electron chi connectivity index (χ3n) is 7.20. The normalized spacial score (nSPS) is 22.9. The molecular formula is C28H41NO3. The zero-order chi connectivity index (χ0) is 22.2. The van der Waals surface area contributed by atoms with Crippen LogP contribution in [0.4, 0.5) is 0 Å². The maximum Gasteiger partial charge on any atom is 0.120 e. The minimum atomic E-state index is 0.343. The van der Waals surface area contributed by atoms with Crippen LogP contribution in [0.1, 0.15) is 57.9 Å². The standard InChI is InChI=1S/C28H41NO3/c1-3-30-20-22-6-10-27(11-7-22)32-28-12-9-25-17-24(5-8-26(25)18-28)19-29-15-13-23(14-16-29)21-31-4-2/h5,8-9,12,17-18,22-23,27H,3-4,6-7,10-11,13-16,19-21H2,1-2H3. The highest BCUT2D eigenvalue weighted by Crippen LogP contribution is 2.30. The van der Waals surface area contributed by atoms with Crippen LogP contribution in [0.2, 0.25) is 0 Å². The van der Waals surface area contributed by atoms with Crippen molar-refractivity contribution in [1.82, 2.24) is 4.90 Å². The lowest BCUT2D eigenvalue weighted by Gasteiger charge is -2.31. The maximum absolute atomic E-state index is 6.35. The van der Waals surface area contributed by atoms with Crippen LogP contribution in [0.25, 0.3) is 10.8 Å². The van der Waals surface area contributed by atoms with E-state index in [1.165, 1.54) is 55.1 Å². The lowest BCUT2D eigenvalue weighted by Crippen LogP contribution is -2.34. The zero-order valence-electron chi connectivity index (χ0n) is 20.1. The maximum atomic E-state index is 6.35. The number of piperidine rings is 1. The minimum absolute atomic E-state index is 0.343. The molecule has 1 aliphatic carbocycles. The molecule has 0 unspecified atom stereocenters. The summed E-state index contributed by atoms with van der Waals surface area (Å²) >= 11 is 0. The number of ether oxygens (including phenoxy) is 3. The van der Waals surface area contributed by atoms with E-state index in [1.54, 1.807) is 0 Å². The van der Waals surface area contributed by atoms with Crippen molar-refractivity contribution < 1.29 is 14.2 Å². The molecule has 2 aromatic carbocycles. The van der Waals surface area contributed by atoms with Gasteiger partial charge in [-0.3, -0.25) is 4.90 Å². The second-order valence-electron chi connectivity index (χ2n) is 9.64. The van der Waals surface area contributed by atoms with Crippen molar-refractivity contribution in [3.63, 3.8) is 0 Å². The van der Waals surface area contributed by atoms with Gasteiger partial charge in [0.25, 0.3) is 0 Å². The molecule has 4 rings (SSSR count). The van der Waals surface area contributed by atoms with E-state index in [0.29, 0.717) is 12.0 Å². The third kappa shape index (κ3) is 6.69. The van der Waals surface area contributed by atoms with E-state index >= 15 is 0 Å². The Hall–Kier alpha value is -1.62. The quantitative estimate of drug-likeness (QED) is 0.450. The molecule has 4 nitrogen and oxygen atoms in total. The molecule has 4 heteroatoms. The molecule has 0 bridgehead atoms. The molecule has 2 aromatic rings. The van der Waals surface area contributed by atoms with Gasteiger partial charge in [-0.25, -0.2) is 0 Å². The number of likely N-dealkylation sites (tertiary alicyclic amines) is 1. The Labute approximate surface area is 194 Å². The van der Waals surface area contributed by atoms with Crippen molar-refractivity contribution in [1.29, 1.82) is 0 Å². The molecule has 0 aromatic heterocycles. The summed E-state index contributed by atoms with van der Waals surface area (Å²) in [6.07, 6.45) is 7.54. The molecule has 1 heterocycles. The monoisotopic (exact) mass is 439 g/mol. The van der Waals surface area contributed by atoms with Gasteiger partial charge in [-0.2, -0.15) is 0 Å². The van der Waals surface area contributed by atoms with Crippen LogP contribution in [0.5, 0.6) is 5.75 Å². The minimum Gasteiger partial charge on any atom is -0.490 e. The molecule has 1 saturated carbocycles. The fraction of sp³-hybridized carbons (Fsp3) is 0.643. The average molecular weight is 440 g/mol. The second-order valence-corrected chi connectivity index (χ2v) is 9.64. The number of nitrogens with zero attached hydrogens (tertiary/aromatic N) is 1. The SMILES string of the molecule is CCOCC1CCC(Oc2ccc3cc(CN4CCC(COCC)CC4)ccc3c2)CC1. The van der Waals surface area contributed by atoms with Gasteiger partial charge in [0, 0.05) is 33.0 Å². The Balaban J connectivity index is 1.27. The summed E-state index contributed by atoms with van der Waals surface area (Å²) < 4.78 is 17.6. The molecule has 0 atom stereocenters. The zero-order valence-corrected chi connectivity index (χ0v) is 20.1. The van der Waals surface area contributed by atoms with E-state index in [0.717, 1.165) is 57.5 Å². The Morgan fingerprint density at radius 2 is 1.38 bits per heavy atom. The van der Waals surface area contributed by atoms with Crippen molar-refractivity contribution >= 4 is 10.8 Å². The van der Waals surface area contributed by atoms with Gasteiger partial charge in [0.05, 0.1) is 6.10 Å². The summed E-state index contributed by atoms with van der Waals surface area (Å²) in [7, 11) is 0. The number of rotatable bonds is 10. The highest BCUT2D eigenvalue weighted by Gasteiger charge is 2.23. The van der Waals surface area contributed by atoms with Gasteiger partial charge >= 0.3 is 0 Å². The molecule has 1 aliphatic heterocycles. The van der Waals surface area contributed by atoms with Crippen LogP contribution in [0.3, 0.4) is 0 Å². The van der Waals surface area contributed by atoms with E-state index in [4.69, 9.17) is 14.2 Å². The third-order valence-corrected chi connectivity index (χ3v) is 7.20. The van der Waals surface area contributed by atoms with E-state index < -0.39 is 0 Å². The first-order valence-electron chi connectivity index (χ1n) is 12.8. The average Bonchev–Trinajstić information content (AvgIpc) is 2.83. The van der Waals surface area contributed by atoms with Crippen molar-refractivity contribution in [2.45, 2.75) is 65.0 Å². The molecule has 32 heavy (non-hydrogen) atoms. The van der Waals surface area contributed by atoms with Crippen LogP contribution in [0.15, 0.2) is 36.4 Å². The number of fused-ring (bicyclic) bond motifs is 1. The summed E-state index contributed by atoms with van der Waals surface area (Å²) in [6.45, 7) is 11.0. The largest absolute Gasteiger partial charge is 0.490 e. The van der Waals surface area contributed by atoms with E-state index in [2.05, 4.69) is 55.1 Å². The highest BCUT2D eigenvalue weighted by atomic mass is 16.5. The molecule has 0 amide bonds. The molecule has 2 aliphatic rings. The predicted molar refractivity (Wildman–Crippen MR) is 131 cm³/mol. The molecule has 0 spiro atoms. The summed E-state index contributed by atoms with van der Waals surface area (Å²) in [4.78, 5) is 2.59. The molecule has 2 fully saturated rings. The fourth-order valence-electron chi connectivity index (χ4n) is 5.19. The molecule has 1 saturated heterocycles. The predicted octanol–water partition coefficient (Wildman–Crippen LogP) is 6.06. The van der Waals surface area contributed by atoms with Gasteiger partial charge in [0.15, 0.2) is 0 Å². The van der Waals surface area contributed by atoms with E-state index in [9.17, 15) is 0 Å². The Bertz CT molecular complexity index is 753. The number of benzene rings is 2. The molecule has 0 radical (unpaired) electrons. The van der Waals surface area contributed by atoms with Crippen LogP contribution >= 0.6 is 0 Å². The summed E-state index contributed by atoms with van der Waals surface area (Å²) in [5, 5.41) is 2.58. The van der Waals surface area contributed by atoms with Gasteiger partial charge in [0.2, 0.25) is 0 Å². The van der Waals surface area contributed by atoms with Crippen LogP contribution in [-0.2, 0) is 16.0 Å².